The molecule has 1 aromatic carbocycles. The molecule has 106 valence electrons. The maximum atomic E-state index is 5.91. The minimum absolute atomic E-state index is 0.0389. The SMILES string of the molecule is CCCCC(C)NCc1ccc2c(c1)CC(C)(C)O2. The molecule has 0 spiro atoms. The number of nitrogens with one attached hydrogen (secondary N) is 1. The van der Waals surface area contributed by atoms with Crippen LogP contribution in [0.15, 0.2) is 18.2 Å². The van der Waals surface area contributed by atoms with Crippen molar-refractivity contribution in [1.82, 2.24) is 5.32 Å². The highest BCUT2D eigenvalue weighted by Gasteiger charge is 2.29. The molecule has 0 radical (unpaired) electrons. The number of hydrogen-bond acceptors (Lipinski definition) is 2. The third-order valence-electron chi connectivity index (χ3n) is 3.77. The van der Waals surface area contributed by atoms with Crippen molar-refractivity contribution in [1.29, 1.82) is 0 Å². The first-order valence-corrected chi connectivity index (χ1v) is 7.54. The van der Waals surface area contributed by atoms with Crippen molar-refractivity contribution < 1.29 is 4.74 Å². The summed E-state index contributed by atoms with van der Waals surface area (Å²) in [4.78, 5) is 0. The van der Waals surface area contributed by atoms with Crippen LogP contribution in [-0.2, 0) is 13.0 Å². The van der Waals surface area contributed by atoms with Gasteiger partial charge in [0.1, 0.15) is 11.4 Å². The largest absolute Gasteiger partial charge is 0.487 e. The van der Waals surface area contributed by atoms with Crippen LogP contribution in [-0.4, -0.2) is 11.6 Å². The summed E-state index contributed by atoms with van der Waals surface area (Å²) in [6.45, 7) is 9.78. The van der Waals surface area contributed by atoms with Gasteiger partial charge in [-0.15, -0.1) is 0 Å². The average Bonchev–Trinajstić information content (AvgIpc) is 2.66. The summed E-state index contributed by atoms with van der Waals surface area (Å²) < 4.78 is 5.91. The maximum absolute atomic E-state index is 5.91. The number of fused-ring (bicyclic) bond motifs is 1. The molecule has 1 aromatic rings. The molecule has 19 heavy (non-hydrogen) atoms. The van der Waals surface area contributed by atoms with Gasteiger partial charge in [0.05, 0.1) is 0 Å². The summed E-state index contributed by atoms with van der Waals surface area (Å²) >= 11 is 0. The van der Waals surface area contributed by atoms with E-state index >= 15 is 0 Å². The Labute approximate surface area is 117 Å². The Morgan fingerprint density at radius 3 is 2.89 bits per heavy atom. The highest BCUT2D eigenvalue weighted by molar-refractivity contribution is 5.41. The van der Waals surface area contributed by atoms with Gasteiger partial charge in [-0.05, 0) is 44.4 Å². The summed E-state index contributed by atoms with van der Waals surface area (Å²) in [7, 11) is 0. The standard InChI is InChI=1S/C17H27NO/c1-5-6-7-13(2)18-12-14-8-9-16-15(10-14)11-17(3,4)19-16/h8-10,13,18H,5-7,11-12H2,1-4H3. The molecule has 2 heteroatoms. The molecule has 0 bridgehead atoms. The Kier molecular flexibility index (Phi) is 4.51. The van der Waals surface area contributed by atoms with Gasteiger partial charge in [0, 0.05) is 19.0 Å². The van der Waals surface area contributed by atoms with E-state index < -0.39 is 0 Å². The molecule has 2 nitrogen and oxygen atoms in total. The zero-order chi connectivity index (χ0) is 13.9. The Bertz CT molecular complexity index is 425. The molecule has 0 amide bonds. The van der Waals surface area contributed by atoms with E-state index in [1.807, 2.05) is 0 Å². The maximum Gasteiger partial charge on any atom is 0.123 e. The minimum atomic E-state index is -0.0389. The van der Waals surface area contributed by atoms with Crippen LogP contribution < -0.4 is 10.1 Å². The number of rotatable bonds is 6. The molecule has 1 atom stereocenters. The fourth-order valence-electron chi connectivity index (χ4n) is 2.68. The summed E-state index contributed by atoms with van der Waals surface area (Å²) in [5.74, 6) is 1.06. The van der Waals surface area contributed by atoms with Crippen molar-refractivity contribution in [3.63, 3.8) is 0 Å². The minimum Gasteiger partial charge on any atom is -0.487 e. The van der Waals surface area contributed by atoms with Crippen LogP contribution in [0, 0.1) is 0 Å². The molecule has 0 aliphatic carbocycles. The van der Waals surface area contributed by atoms with E-state index in [1.54, 1.807) is 0 Å². The Morgan fingerprint density at radius 2 is 2.16 bits per heavy atom. The van der Waals surface area contributed by atoms with Crippen LogP contribution in [0.1, 0.15) is 58.1 Å². The van der Waals surface area contributed by atoms with Crippen LogP contribution in [0.3, 0.4) is 0 Å². The third-order valence-corrected chi connectivity index (χ3v) is 3.77. The molecule has 2 rings (SSSR count). The zero-order valence-electron chi connectivity index (χ0n) is 12.8. The smallest absolute Gasteiger partial charge is 0.123 e. The van der Waals surface area contributed by atoms with Gasteiger partial charge in [-0.2, -0.15) is 0 Å². The van der Waals surface area contributed by atoms with Gasteiger partial charge in [0.15, 0.2) is 0 Å². The molecular weight excluding hydrogens is 234 g/mol. The molecule has 0 aromatic heterocycles. The molecule has 0 saturated heterocycles. The second-order valence-electron chi connectivity index (χ2n) is 6.40. The summed E-state index contributed by atoms with van der Waals surface area (Å²) in [6, 6.07) is 7.20. The van der Waals surface area contributed by atoms with E-state index in [1.165, 1.54) is 30.4 Å². The van der Waals surface area contributed by atoms with E-state index in [0.29, 0.717) is 6.04 Å². The number of ether oxygens (including phenoxy) is 1. The Hall–Kier alpha value is -1.02. The average molecular weight is 261 g/mol. The van der Waals surface area contributed by atoms with Crippen molar-refractivity contribution in [3.05, 3.63) is 29.3 Å². The van der Waals surface area contributed by atoms with Crippen molar-refractivity contribution in [2.24, 2.45) is 0 Å². The lowest BCUT2D eigenvalue weighted by Gasteiger charge is -2.16. The fourth-order valence-corrected chi connectivity index (χ4v) is 2.68. The van der Waals surface area contributed by atoms with Crippen LogP contribution in [0.2, 0.25) is 0 Å². The first-order valence-electron chi connectivity index (χ1n) is 7.54. The lowest BCUT2D eigenvalue weighted by molar-refractivity contribution is 0.138. The fraction of sp³-hybridized carbons (Fsp3) is 0.647. The molecule has 1 aliphatic heterocycles. The number of hydrogen-bond donors (Lipinski definition) is 1. The van der Waals surface area contributed by atoms with Crippen molar-refractivity contribution >= 4 is 0 Å². The summed E-state index contributed by atoms with van der Waals surface area (Å²) in [6.07, 6.45) is 4.86. The molecule has 1 unspecified atom stereocenters. The Balaban J connectivity index is 1.90. The van der Waals surface area contributed by atoms with E-state index in [2.05, 4.69) is 51.2 Å². The predicted molar refractivity (Wildman–Crippen MR) is 80.7 cm³/mol. The van der Waals surface area contributed by atoms with Crippen molar-refractivity contribution in [2.75, 3.05) is 0 Å². The van der Waals surface area contributed by atoms with Crippen molar-refractivity contribution in [3.8, 4) is 5.75 Å². The highest BCUT2D eigenvalue weighted by atomic mass is 16.5. The monoisotopic (exact) mass is 261 g/mol. The van der Waals surface area contributed by atoms with E-state index in [0.717, 1.165) is 18.7 Å². The van der Waals surface area contributed by atoms with Gasteiger partial charge in [0.2, 0.25) is 0 Å². The van der Waals surface area contributed by atoms with Gasteiger partial charge >= 0.3 is 0 Å². The van der Waals surface area contributed by atoms with Gasteiger partial charge in [-0.25, -0.2) is 0 Å². The van der Waals surface area contributed by atoms with E-state index in [-0.39, 0.29) is 5.60 Å². The highest BCUT2D eigenvalue weighted by Crippen LogP contribution is 2.35. The molecule has 1 aliphatic rings. The molecule has 1 heterocycles. The van der Waals surface area contributed by atoms with E-state index in [4.69, 9.17) is 4.74 Å². The Morgan fingerprint density at radius 1 is 1.37 bits per heavy atom. The molecule has 1 N–H and O–H groups in total. The summed E-state index contributed by atoms with van der Waals surface area (Å²) in [5, 5.41) is 3.60. The van der Waals surface area contributed by atoms with Crippen LogP contribution in [0.5, 0.6) is 5.75 Å². The zero-order valence-corrected chi connectivity index (χ0v) is 12.8. The quantitative estimate of drug-likeness (QED) is 0.833. The van der Waals surface area contributed by atoms with E-state index in [9.17, 15) is 0 Å². The lowest BCUT2D eigenvalue weighted by Crippen LogP contribution is -2.25. The second kappa shape index (κ2) is 5.96. The van der Waals surface area contributed by atoms with Crippen LogP contribution >= 0.6 is 0 Å². The molecule has 0 fully saturated rings. The summed E-state index contributed by atoms with van der Waals surface area (Å²) in [5.41, 5.74) is 2.68. The topological polar surface area (TPSA) is 21.3 Å². The van der Waals surface area contributed by atoms with Gasteiger partial charge in [-0.3, -0.25) is 0 Å². The predicted octanol–water partition coefficient (Wildman–Crippen LogP) is 4.07. The van der Waals surface area contributed by atoms with Crippen LogP contribution in [0.4, 0.5) is 0 Å². The first kappa shape index (κ1) is 14.4. The molecular formula is C17H27NO. The lowest BCUT2D eigenvalue weighted by atomic mass is 10.00. The normalized spacial score (nSPS) is 17.9. The number of benzene rings is 1. The van der Waals surface area contributed by atoms with Crippen molar-refractivity contribution in [2.45, 2.75) is 71.6 Å². The third kappa shape index (κ3) is 3.97. The molecule has 0 saturated carbocycles. The first-order chi connectivity index (χ1) is 9.00. The van der Waals surface area contributed by atoms with Gasteiger partial charge < -0.3 is 10.1 Å². The van der Waals surface area contributed by atoms with Crippen LogP contribution in [0.25, 0.3) is 0 Å². The second-order valence-corrected chi connectivity index (χ2v) is 6.40. The van der Waals surface area contributed by atoms with Gasteiger partial charge in [0.25, 0.3) is 0 Å². The van der Waals surface area contributed by atoms with Gasteiger partial charge in [-0.1, -0.05) is 31.9 Å². The number of unbranched alkanes of at least 4 members (excludes halogenated alkanes) is 1.